The number of benzene rings is 3. The minimum Gasteiger partial charge on any atom is -0.336 e. The number of aryl methyl sites for hydroxylation is 1. The topological polar surface area (TPSA) is 54.3 Å². The lowest BCUT2D eigenvalue weighted by Gasteiger charge is -2.32. The molecule has 2 heterocycles. The first-order chi connectivity index (χ1) is 17.6. The molecule has 1 aromatic heterocycles. The summed E-state index contributed by atoms with van der Waals surface area (Å²) in [4.78, 5) is 17.1. The van der Waals surface area contributed by atoms with Crippen molar-refractivity contribution < 1.29 is 4.79 Å². The third-order valence-electron chi connectivity index (χ3n) is 6.57. The zero-order chi connectivity index (χ0) is 24.9. The molecule has 0 saturated carbocycles. The van der Waals surface area contributed by atoms with Gasteiger partial charge in [0, 0.05) is 43.1 Å². The quantitative estimate of drug-likeness (QED) is 0.337. The second kappa shape index (κ2) is 11.1. The number of amides is 1. The summed E-state index contributed by atoms with van der Waals surface area (Å²) < 4.78 is 2.19. The van der Waals surface area contributed by atoms with E-state index in [1.54, 1.807) is 11.8 Å². The van der Waals surface area contributed by atoms with Crippen LogP contribution in [0.3, 0.4) is 0 Å². The molecule has 0 radical (unpaired) electrons. The van der Waals surface area contributed by atoms with Crippen molar-refractivity contribution in [1.82, 2.24) is 24.6 Å². The van der Waals surface area contributed by atoms with Gasteiger partial charge in [-0.05, 0) is 37.2 Å². The van der Waals surface area contributed by atoms with Gasteiger partial charge in [-0.15, -0.1) is 10.2 Å². The number of likely N-dealkylation sites (N-methyl/N-ethyl adjacent to an activating group) is 1. The van der Waals surface area contributed by atoms with Crippen LogP contribution < -0.4 is 0 Å². The van der Waals surface area contributed by atoms with Crippen molar-refractivity contribution in [3.05, 3.63) is 101 Å². The van der Waals surface area contributed by atoms with Gasteiger partial charge in [0.1, 0.15) is 0 Å². The lowest BCUT2D eigenvalue weighted by Crippen LogP contribution is -2.47. The molecule has 1 aliphatic heterocycles. The second-order valence-corrected chi connectivity index (χ2v) is 10.3. The zero-order valence-corrected chi connectivity index (χ0v) is 21.6. The Morgan fingerprint density at radius 2 is 1.53 bits per heavy atom. The van der Waals surface area contributed by atoms with E-state index in [1.165, 1.54) is 11.1 Å². The van der Waals surface area contributed by atoms with E-state index in [0.717, 1.165) is 59.6 Å². The fourth-order valence-corrected chi connectivity index (χ4v) is 5.20. The Morgan fingerprint density at radius 3 is 2.22 bits per heavy atom. The van der Waals surface area contributed by atoms with Crippen molar-refractivity contribution in [2.24, 2.45) is 0 Å². The number of rotatable bonds is 7. The van der Waals surface area contributed by atoms with Crippen LogP contribution in [0.15, 0.2) is 84.0 Å². The van der Waals surface area contributed by atoms with Crippen molar-refractivity contribution in [3.8, 4) is 11.4 Å². The average Bonchev–Trinajstić information content (AvgIpc) is 3.31. The maximum absolute atomic E-state index is 12.9. The van der Waals surface area contributed by atoms with E-state index in [1.807, 2.05) is 23.1 Å². The molecule has 1 aliphatic rings. The van der Waals surface area contributed by atoms with Gasteiger partial charge in [-0.1, -0.05) is 84.1 Å². The van der Waals surface area contributed by atoms with Gasteiger partial charge in [0.05, 0.1) is 6.54 Å². The van der Waals surface area contributed by atoms with E-state index in [-0.39, 0.29) is 5.91 Å². The molecule has 0 aliphatic carbocycles. The average molecular weight is 498 g/mol. The maximum atomic E-state index is 12.9. The standard InChI is InChI=1S/C29H31N5OS/c1-22-8-12-25(13-9-22)27-30-31-29(34(27)20-23-6-4-3-5-7-23)36-21-24-10-14-26(15-11-24)28(35)33-18-16-32(2)17-19-33/h3-15H,16-21H2,1-2H3. The van der Waals surface area contributed by atoms with Gasteiger partial charge in [0.25, 0.3) is 5.91 Å². The Hall–Kier alpha value is -3.42. The third kappa shape index (κ3) is 5.69. The molecule has 7 heteroatoms. The first-order valence-corrected chi connectivity index (χ1v) is 13.3. The van der Waals surface area contributed by atoms with Crippen molar-refractivity contribution in [2.75, 3.05) is 33.2 Å². The normalized spacial score (nSPS) is 14.2. The Kier molecular flexibility index (Phi) is 7.49. The van der Waals surface area contributed by atoms with Crippen LogP contribution in [0.5, 0.6) is 0 Å². The summed E-state index contributed by atoms with van der Waals surface area (Å²) in [7, 11) is 2.10. The van der Waals surface area contributed by atoms with Crippen LogP contribution in [0.2, 0.25) is 0 Å². The molecule has 1 amide bonds. The van der Waals surface area contributed by atoms with Crippen molar-refractivity contribution in [2.45, 2.75) is 24.4 Å². The van der Waals surface area contributed by atoms with Gasteiger partial charge in [-0.3, -0.25) is 9.36 Å². The molecular formula is C29H31N5OS. The van der Waals surface area contributed by atoms with Crippen LogP contribution in [0.1, 0.15) is 27.0 Å². The van der Waals surface area contributed by atoms with Gasteiger partial charge < -0.3 is 9.80 Å². The molecule has 0 bridgehead atoms. The lowest BCUT2D eigenvalue weighted by molar-refractivity contribution is 0.0664. The van der Waals surface area contributed by atoms with Crippen LogP contribution in [0.4, 0.5) is 0 Å². The van der Waals surface area contributed by atoms with Gasteiger partial charge in [0.15, 0.2) is 11.0 Å². The molecule has 36 heavy (non-hydrogen) atoms. The summed E-state index contributed by atoms with van der Waals surface area (Å²) in [5.41, 5.74) is 5.39. The monoisotopic (exact) mass is 497 g/mol. The second-order valence-electron chi connectivity index (χ2n) is 9.33. The van der Waals surface area contributed by atoms with Crippen molar-refractivity contribution >= 4 is 17.7 Å². The lowest BCUT2D eigenvalue weighted by atomic mass is 10.1. The number of carbonyl (C=O) groups excluding carboxylic acids is 1. The molecule has 0 spiro atoms. The molecule has 184 valence electrons. The van der Waals surface area contributed by atoms with Crippen LogP contribution >= 0.6 is 11.8 Å². The fourth-order valence-electron chi connectivity index (χ4n) is 4.30. The SMILES string of the molecule is Cc1ccc(-c2nnc(SCc3ccc(C(=O)N4CCN(C)CC4)cc3)n2Cc2ccccc2)cc1. The highest BCUT2D eigenvalue weighted by atomic mass is 32.2. The Bertz CT molecular complexity index is 1290. The van der Waals surface area contributed by atoms with E-state index in [2.05, 4.69) is 94.3 Å². The summed E-state index contributed by atoms with van der Waals surface area (Å²) in [6.07, 6.45) is 0. The van der Waals surface area contributed by atoms with Crippen LogP contribution in [-0.2, 0) is 12.3 Å². The van der Waals surface area contributed by atoms with E-state index < -0.39 is 0 Å². The summed E-state index contributed by atoms with van der Waals surface area (Å²) >= 11 is 1.67. The molecule has 6 nitrogen and oxygen atoms in total. The van der Waals surface area contributed by atoms with Crippen molar-refractivity contribution in [1.29, 1.82) is 0 Å². The fraction of sp³-hybridized carbons (Fsp3) is 0.276. The Labute approximate surface area is 217 Å². The molecule has 4 aromatic rings. The number of carbonyl (C=O) groups is 1. The molecule has 1 fully saturated rings. The Balaban J connectivity index is 1.31. The first kappa shape index (κ1) is 24.3. The molecule has 0 atom stereocenters. The number of nitrogens with zero attached hydrogens (tertiary/aromatic N) is 5. The van der Waals surface area contributed by atoms with Crippen molar-refractivity contribution in [3.63, 3.8) is 0 Å². The molecular weight excluding hydrogens is 466 g/mol. The van der Waals surface area contributed by atoms with Crippen LogP contribution in [0.25, 0.3) is 11.4 Å². The summed E-state index contributed by atoms with van der Waals surface area (Å²) in [6.45, 7) is 6.21. The third-order valence-corrected chi connectivity index (χ3v) is 7.61. The minimum absolute atomic E-state index is 0.118. The van der Waals surface area contributed by atoms with Gasteiger partial charge in [-0.25, -0.2) is 0 Å². The largest absolute Gasteiger partial charge is 0.336 e. The highest BCUT2D eigenvalue weighted by Crippen LogP contribution is 2.28. The first-order valence-electron chi connectivity index (χ1n) is 12.3. The van der Waals surface area contributed by atoms with Crippen LogP contribution in [0, 0.1) is 6.92 Å². The molecule has 0 N–H and O–H groups in total. The zero-order valence-electron chi connectivity index (χ0n) is 20.8. The van der Waals surface area contributed by atoms with E-state index in [9.17, 15) is 4.79 Å². The molecule has 3 aromatic carbocycles. The molecule has 1 saturated heterocycles. The van der Waals surface area contributed by atoms with E-state index >= 15 is 0 Å². The molecule has 0 unspecified atom stereocenters. The van der Waals surface area contributed by atoms with E-state index in [4.69, 9.17) is 0 Å². The highest BCUT2D eigenvalue weighted by molar-refractivity contribution is 7.98. The summed E-state index contributed by atoms with van der Waals surface area (Å²) in [6, 6.07) is 26.8. The molecule has 5 rings (SSSR count). The number of piperazine rings is 1. The van der Waals surface area contributed by atoms with Crippen LogP contribution in [-0.4, -0.2) is 63.7 Å². The summed E-state index contributed by atoms with van der Waals surface area (Å²) in [5.74, 6) is 1.74. The van der Waals surface area contributed by atoms with Gasteiger partial charge in [-0.2, -0.15) is 0 Å². The number of hydrogen-bond acceptors (Lipinski definition) is 5. The minimum atomic E-state index is 0.118. The highest BCUT2D eigenvalue weighted by Gasteiger charge is 2.20. The number of hydrogen-bond donors (Lipinski definition) is 0. The predicted octanol–water partition coefficient (Wildman–Crippen LogP) is 4.98. The van der Waals surface area contributed by atoms with Gasteiger partial charge in [0.2, 0.25) is 0 Å². The predicted molar refractivity (Wildman–Crippen MR) is 145 cm³/mol. The van der Waals surface area contributed by atoms with Gasteiger partial charge >= 0.3 is 0 Å². The smallest absolute Gasteiger partial charge is 0.253 e. The maximum Gasteiger partial charge on any atom is 0.253 e. The Morgan fingerprint density at radius 1 is 0.833 bits per heavy atom. The number of thioether (sulfide) groups is 1. The number of aromatic nitrogens is 3. The summed E-state index contributed by atoms with van der Waals surface area (Å²) in [5, 5.41) is 9.99. The van der Waals surface area contributed by atoms with E-state index in [0.29, 0.717) is 6.54 Å².